The van der Waals surface area contributed by atoms with E-state index in [1.54, 1.807) is 0 Å². The molecule has 0 unspecified atom stereocenters. The third-order valence-electron chi connectivity index (χ3n) is 4.25. The van der Waals surface area contributed by atoms with Crippen LogP contribution >= 0.6 is 0 Å². The van der Waals surface area contributed by atoms with Crippen LogP contribution in [0.3, 0.4) is 0 Å². The Bertz CT molecular complexity index is 992. The molecule has 4 aromatic rings. The zero-order valence-corrected chi connectivity index (χ0v) is 13.8. The first-order valence-electron chi connectivity index (χ1n) is 8.27. The van der Waals surface area contributed by atoms with Gasteiger partial charge >= 0.3 is 0 Å². The summed E-state index contributed by atoms with van der Waals surface area (Å²) in [6, 6.07) is 18.3. The van der Waals surface area contributed by atoms with E-state index in [1.807, 2.05) is 54.6 Å². The Morgan fingerprint density at radius 1 is 1.00 bits per heavy atom. The molecule has 2 heterocycles. The van der Waals surface area contributed by atoms with Crippen molar-refractivity contribution in [2.45, 2.75) is 26.3 Å². The minimum absolute atomic E-state index is 0.305. The number of nitrogens with zero attached hydrogens (tertiary/aromatic N) is 2. The highest BCUT2D eigenvalue weighted by atomic mass is 16.3. The molecule has 1 atom stereocenters. The number of hydrogen-bond acceptors (Lipinski definition) is 4. The van der Waals surface area contributed by atoms with Gasteiger partial charge in [0.05, 0.1) is 0 Å². The van der Waals surface area contributed by atoms with Crippen molar-refractivity contribution in [2.75, 3.05) is 5.32 Å². The van der Waals surface area contributed by atoms with E-state index in [2.05, 4.69) is 19.2 Å². The topological polar surface area (TPSA) is 51.0 Å². The number of hydrogen-bond donors (Lipinski definition) is 1. The van der Waals surface area contributed by atoms with Crippen LogP contribution in [0.4, 0.5) is 5.82 Å². The molecule has 0 saturated carbocycles. The van der Waals surface area contributed by atoms with Crippen molar-refractivity contribution < 1.29 is 4.42 Å². The van der Waals surface area contributed by atoms with Crippen LogP contribution in [-0.2, 0) is 0 Å². The first kappa shape index (κ1) is 14.7. The predicted octanol–water partition coefficient (Wildman–Crippen LogP) is 5.25. The second-order valence-electron chi connectivity index (χ2n) is 5.99. The summed E-state index contributed by atoms with van der Waals surface area (Å²) < 4.78 is 6.03. The van der Waals surface area contributed by atoms with Crippen molar-refractivity contribution >= 4 is 27.9 Å². The highest BCUT2D eigenvalue weighted by Gasteiger charge is 2.17. The molecule has 2 aromatic heterocycles. The lowest BCUT2D eigenvalue weighted by atomic mass is 10.2. The van der Waals surface area contributed by atoms with E-state index >= 15 is 0 Å². The molecule has 0 radical (unpaired) electrons. The smallest absolute Gasteiger partial charge is 0.196 e. The van der Waals surface area contributed by atoms with Crippen molar-refractivity contribution in [1.29, 1.82) is 0 Å². The average molecular weight is 317 g/mol. The molecule has 1 N–H and O–H groups in total. The molecule has 0 amide bonds. The summed E-state index contributed by atoms with van der Waals surface area (Å²) in [6.45, 7) is 4.28. The van der Waals surface area contributed by atoms with Crippen molar-refractivity contribution in [3.8, 4) is 11.4 Å². The van der Waals surface area contributed by atoms with Gasteiger partial charge in [-0.15, -0.1) is 0 Å². The van der Waals surface area contributed by atoms with Crippen LogP contribution in [0, 0.1) is 0 Å². The summed E-state index contributed by atoms with van der Waals surface area (Å²) in [4.78, 5) is 9.52. The van der Waals surface area contributed by atoms with E-state index in [0.29, 0.717) is 11.9 Å². The largest absolute Gasteiger partial charge is 0.450 e. The monoisotopic (exact) mass is 317 g/mol. The minimum atomic E-state index is 0.305. The SMILES string of the molecule is CC[C@H](C)Nc1nc(-c2ccccc2)nc2c1oc1ccccc12. The van der Waals surface area contributed by atoms with Crippen molar-refractivity contribution in [1.82, 2.24) is 9.97 Å². The molecule has 120 valence electrons. The van der Waals surface area contributed by atoms with E-state index in [9.17, 15) is 0 Å². The molecule has 0 saturated heterocycles. The van der Waals surface area contributed by atoms with Crippen LogP contribution in [0.15, 0.2) is 59.0 Å². The third-order valence-corrected chi connectivity index (χ3v) is 4.25. The third kappa shape index (κ3) is 2.50. The summed E-state index contributed by atoms with van der Waals surface area (Å²) in [5.41, 5.74) is 3.40. The Kier molecular flexibility index (Phi) is 3.65. The fourth-order valence-electron chi connectivity index (χ4n) is 2.74. The van der Waals surface area contributed by atoms with Gasteiger partial charge in [0, 0.05) is 17.0 Å². The molecular formula is C20H19N3O. The summed E-state index contributed by atoms with van der Waals surface area (Å²) in [6.07, 6.45) is 1.01. The van der Waals surface area contributed by atoms with E-state index < -0.39 is 0 Å². The van der Waals surface area contributed by atoms with Gasteiger partial charge < -0.3 is 9.73 Å². The highest BCUT2D eigenvalue weighted by Crippen LogP contribution is 2.33. The number of furan rings is 1. The van der Waals surface area contributed by atoms with Crippen LogP contribution in [0.5, 0.6) is 0 Å². The van der Waals surface area contributed by atoms with Gasteiger partial charge in [-0.1, -0.05) is 49.4 Å². The minimum Gasteiger partial charge on any atom is -0.450 e. The second-order valence-corrected chi connectivity index (χ2v) is 5.99. The molecule has 0 aliphatic carbocycles. The zero-order valence-electron chi connectivity index (χ0n) is 13.8. The van der Waals surface area contributed by atoms with Gasteiger partial charge in [-0.25, -0.2) is 9.97 Å². The molecular weight excluding hydrogens is 298 g/mol. The first-order chi connectivity index (χ1) is 11.8. The van der Waals surface area contributed by atoms with E-state index in [-0.39, 0.29) is 0 Å². The van der Waals surface area contributed by atoms with Gasteiger partial charge in [0.1, 0.15) is 11.1 Å². The first-order valence-corrected chi connectivity index (χ1v) is 8.27. The molecule has 0 bridgehead atoms. The lowest BCUT2D eigenvalue weighted by Crippen LogP contribution is -2.15. The van der Waals surface area contributed by atoms with Gasteiger partial charge in [-0.3, -0.25) is 0 Å². The van der Waals surface area contributed by atoms with Crippen molar-refractivity contribution in [2.24, 2.45) is 0 Å². The van der Waals surface area contributed by atoms with E-state index in [1.165, 1.54) is 0 Å². The molecule has 4 heteroatoms. The normalized spacial score (nSPS) is 12.6. The number of anilines is 1. The van der Waals surface area contributed by atoms with Gasteiger partial charge in [-0.2, -0.15) is 0 Å². The number of para-hydroxylation sites is 1. The summed E-state index contributed by atoms with van der Waals surface area (Å²) in [7, 11) is 0. The maximum absolute atomic E-state index is 6.03. The number of benzene rings is 2. The van der Waals surface area contributed by atoms with E-state index in [0.717, 1.165) is 39.9 Å². The average Bonchev–Trinajstić information content (AvgIpc) is 3.01. The Morgan fingerprint density at radius 3 is 2.54 bits per heavy atom. The zero-order chi connectivity index (χ0) is 16.5. The van der Waals surface area contributed by atoms with Crippen LogP contribution in [-0.4, -0.2) is 16.0 Å². The Hall–Kier alpha value is -2.88. The molecule has 0 aliphatic heterocycles. The fourth-order valence-corrected chi connectivity index (χ4v) is 2.74. The molecule has 2 aromatic carbocycles. The van der Waals surface area contributed by atoms with Crippen molar-refractivity contribution in [3.63, 3.8) is 0 Å². The van der Waals surface area contributed by atoms with Gasteiger partial charge in [-0.05, 0) is 25.5 Å². The maximum Gasteiger partial charge on any atom is 0.196 e. The van der Waals surface area contributed by atoms with Gasteiger partial charge in [0.2, 0.25) is 0 Å². The summed E-state index contributed by atoms with van der Waals surface area (Å²) >= 11 is 0. The molecule has 24 heavy (non-hydrogen) atoms. The van der Waals surface area contributed by atoms with Crippen LogP contribution in [0.1, 0.15) is 20.3 Å². The Labute approximate surface area is 140 Å². The molecule has 0 fully saturated rings. The van der Waals surface area contributed by atoms with Crippen LogP contribution in [0.2, 0.25) is 0 Å². The van der Waals surface area contributed by atoms with Crippen LogP contribution in [0.25, 0.3) is 33.5 Å². The molecule has 4 rings (SSSR count). The van der Waals surface area contributed by atoms with Gasteiger partial charge in [0.15, 0.2) is 17.2 Å². The quantitative estimate of drug-likeness (QED) is 0.558. The lowest BCUT2D eigenvalue weighted by Gasteiger charge is -2.13. The number of fused-ring (bicyclic) bond motifs is 3. The van der Waals surface area contributed by atoms with E-state index in [4.69, 9.17) is 14.4 Å². The standard InChI is InChI=1S/C20H19N3O/c1-3-13(2)21-20-18-17(15-11-7-8-12-16(15)24-18)22-19(23-20)14-9-5-4-6-10-14/h4-13H,3H2,1-2H3,(H,21,22,23)/t13-/m0/s1. The van der Waals surface area contributed by atoms with Crippen molar-refractivity contribution in [3.05, 3.63) is 54.6 Å². The second kappa shape index (κ2) is 5.96. The Balaban J connectivity index is 1.99. The molecule has 0 aliphatic rings. The number of nitrogens with one attached hydrogen (secondary N) is 1. The maximum atomic E-state index is 6.03. The number of aromatic nitrogens is 2. The summed E-state index contributed by atoms with van der Waals surface area (Å²) in [5.74, 6) is 1.46. The highest BCUT2D eigenvalue weighted by molar-refractivity contribution is 6.06. The number of rotatable bonds is 4. The molecule has 4 nitrogen and oxygen atoms in total. The lowest BCUT2D eigenvalue weighted by molar-refractivity contribution is 0.663. The molecule has 0 spiro atoms. The van der Waals surface area contributed by atoms with Crippen LogP contribution < -0.4 is 5.32 Å². The van der Waals surface area contributed by atoms with Gasteiger partial charge in [0.25, 0.3) is 0 Å². The predicted molar refractivity (Wildman–Crippen MR) is 98.1 cm³/mol. The fraction of sp³-hybridized carbons (Fsp3) is 0.200. The summed E-state index contributed by atoms with van der Waals surface area (Å²) in [5, 5.41) is 4.47. The Morgan fingerprint density at radius 2 is 1.75 bits per heavy atom.